The zero-order chi connectivity index (χ0) is 55.0. The van der Waals surface area contributed by atoms with Crippen molar-refractivity contribution in [2.45, 2.75) is 188 Å². The SMILES string of the molecule is Cc1ccc(C(C)(C)C)cn1.Cc1ccc(C(C)(C)C)nc1.Cc1ccc(C(C)(C)C)s1.Cc1ccc(C)nc1.Cc1ccc(C)nc1.Cc1ccc(C)s1.Cc1csc(C(C)(C)C)c1.Cc1csc(C)c1. The average Bonchev–Trinajstić information content (AvgIpc) is 4.10. The van der Waals surface area contributed by atoms with Crippen molar-refractivity contribution in [3.05, 3.63) is 206 Å². The van der Waals surface area contributed by atoms with Crippen molar-refractivity contribution in [2.75, 3.05) is 0 Å². The first kappa shape index (κ1) is 65.4. The van der Waals surface area contributed by atoms with Gasteiger partial charge in [0.1, 0.15) is 0 Å². The van der Waals surface area contributed by atoms with Crippen molar-refractivity contribution in [1.82, 2.24) is 19.9 Å². The Morgan fingerprint density at radius 3 is 0.917 bits per heavy atom. The maximum Gasteiger partial charge on any atom is 0.0457 e. The molecule has 0 amide bonds. The van der Waals surface area contributed by atoms with Crippen LogP contribution in [0.4, 0.5) is 0 Å². The Bertz CT molecular complexity index is 2390. The van der Waals surface area contributed by atoms with Gasteiger partial charge in [-0.1, -0.05) is 107 Å². The summed E-state index contributed by atoms with van der Waals surface area (Å²) in [6, 6.07) is 29.7. The molecule has 0 spiro atoms. The molecule has 8 aromatic rings. The van der Waals surface area contributed by atoms with Crippen molar-refractivity contribution in [3.63, 3.8) is 0 Å². The van der Waals surface area contributed by atoms with E-state index in [0.29, 0.717) is 10.8 Å². The minimum absolute atomic E-state index is 0.174. The largest absolute Gasteiger partial charge is 0.261 e. The van der Waals surface area contributed by atoms with Gasteiger partial charge in [-0.3, -0.25) is 19.9 Å². The molecule has 0 saturated carbocycles. The van der Waals surface area contributed by atoms with Crippen molar-refractivity contribution in [3.8, 4) is 0 Å². The molecule has 0 bridgehead atoms. The molecular weight excluding hydrogens is 953 g/mol. The number of aryl methyl sites for hydroxylation is 12. The zero-order valence-corrected chi connectivity index (χ0v) is 52.2. The summed E-state index contributed by atoms with van der Waals surface area (Å²) in [5.41, 5.74) is 13.2. The van der Waals surface area contributed by atoms with Crippen LogP contribution in [0, 0.1) is 83.1 Å². The molecule has 0 aromatic carbocycles. The molecule has 8 aromatic heterocycles. The summed E-state index contributed by atoms with van der Waals surface area (Å²) in [5.74, 6) is 0. The molecule has 0 N–H and O–H groups in total. The van der Waals surface area contributed by atoms with Gasteiger partial charge in [0.05, 0.1) is 0 Å². The van der Waals surface area contributed by atoms with Gasteiger partial charge < -0.3 is 0 Å². The summed E-state index contributed by atoms with van der Waals surface area (Å²) in [6.07, 6.45) is 7.61. The van der Waals surface area contributed by atoms with Crippen LogP contribution < -0.4 is 0 Å². The van der Waals surface area contributed by atoms with E-state index in [9.17, 15) is 0 Å². The summed E-state index contributed by atoms with van der Waals surface area (Å²) in [6.45, 7) is 51.5. The van der Waals surface area contributed by atoms with E-state index in [0.717, 1.165) is 22.8 Å². The van der Waals surface area contributed by atoms with Gasteiger partial charge in [0.15, 0.2) is 0 Å². The van der Waals surface area contributed by atoms with Gasteiger partial charge in [-0.05, 0) is 204 Å². The van der Waals surface area contributed by atoms with E-state index in [1.165, 1.54) is 62.6 Å². The Morgan fingerprint density at radius 2 is 0.708 bits per heavy atom. The fourth-order valence-corrected chi connectivity index (χ4v) is 9.09. The lowest BCUT2D eigenvalue weighted by Crippen LogP contribution is -2.12. The van der Waals surface area contributed by atoms with Crippen LogP contribution in [-0.4, -0.2) is 19.9 Å². The topological polar surface area (TPSA) is 51.6 Å². The van der Waals surface area contributed by atoms with E-state index in [1.54, 1.807) is 11.3 Å². The highest BCUT2D eigenvalue weighted by Crippen LogP contribution is 2.29. The van der Waals surface area contributed by atoms with Crippen LogP contribution >= 0.6 is 45.3 Å². The van der Waals surface area contributed by atoms with Gasteiger partial charge in [-0.15, -0.1) is 45.3 Å². The Labute approximate surface area is 456 Å². The van der Waals surface area contributed by atoms with Crippen molar-refractivity contribution < 1.29 is 0 Å². The Hall–Kier alpha value is -4.60. The van der Waals surface area contributed by atoms with Gasteiger partial charge in [0, 0.05) is 82.2 Å². The second-order valence-corrected chi connectivity index (χ2v) is 27.5. The van der Waals surface area contributed by atoms with E-state index in [1.807, 2.05) is 106 Å². The molecule has 4 nitrogen and oxygen atoms in total. The molecule has 392 valence electrons. The van der Waals surface area contributed by atoms with Crippen LogP contribution in [0.5, 0.6) is 0 Å². The summed E-state index contributed by atoms with van der Waals surface area (Å²) in [4.78, 5) is 25.3. The first-order chi connectivity index (χ1) is 33.1. The van der Waals surface area contributed by atoms with Gasteiger partial charge >= 0.3 is 0 Å². The van der Waals surface area contributed by atoms with Crippen LogP contribution in [0.2, 0.25) is 0 Å². The quantitative estimate of drug-likeness (QED) is 0.152. The number of aromatic nitrogens is 4. The fourth-order valence-electron chi connectivity index (χ4n) is 5.70. The van der Waals surface area contributed by atoms with E-state index >= 15 is 0 Å². The number of thiophene rings is 4. The Morgan fingerprint density at radius 1 is 0.306 bits per heavy atom. The third kappa shape index (κ3) is 29.8. The number of pyridine rings is 4. The lowest BCUT2D eigenvalue weighted by molar-refractivity contribution is 0.568. The van der Waals surface area contributed by atoms with Crippen molar-refractivity contribution in [1.29, 1.82) is 0 Å². The van der Waals surface area contributed by atoms with Gasteiger partial charge in [-0.2, -0.15) is 0 Å². The van der Waals surface area contributed by atoms with Gasteiger partial charge in [0.25, 0.3) is 0 Å². The molecule has 0 unspecified atom stereocenters. The molecule has 0 aliphatic rings. The highest BCUT2D eigenvalue weighted by Gasteiger charge is 2.16. The van der Waals surface area contributed by atoms with E-state index in [4.69, 9.17) is 0 Å². The highest BCUT2D eigenvalue weighted by molar-refractivity contribution is 7.12. The summed E-state index contributed by atoms with van der Waals surface area (Å²) < 4.78 is 0. The maximum absolute atomic E-state index is 4.35. The van der Waals surface area contributed by atoms with Gasteiger partial charge in [0.2, 0.25) is 0 Å². The number of hydrogen-bond acceptors (Lipinski definition) is 8. The van der Waals surface area contributed by atoms with E-state index in [2.05, 4.69) is 235 Å². The van der Waals surface area contributed by atoms with Crippen molar-refractivity contribution in [2.24, 2.45) is 0 Å². The minimum atomic E-state index is 0.174. The predicted molar refractivity (Wildman–Crippen MR) is 326 cm³/mol. The third-order valence-electron chi connectivity index (χ3n) is 10.3. The zero-order valence-electron chi connectivity index (χ0n) is 49.0. The number of hydrogen-bond donors (Lipinski definition) is 0. The first-order valence-electron chi connectivity index (χ1n) is 25.0. The van der Waals surface area contributed by atoms with Crippen LogP contribution in [-0.2, 0) is 21.7 Å². The molecule has 0 fully saturated rings. The molecule has 0 aliphatic heterocycles. The number of nitrogens with zero attached hydrogens (tertiary/aromatic N) is 4. The van der Waals surface area contributed by atoms with Crippen molar-refractivity contribution >= 4 is 45.3 Å². The molecule has 0 aliphatic carbocycles. The normalized spacial score (nSPS) is 10.8. The molecule has 0 atom stereocenters. The van der Waals surface area contributed by atoms with Gasteiger partial charge in [-0.25, -0.2) is 0 Å². The molecule has 8 heteroatoms. The van der Waals surface area contributed by atoms with Crippen LogP contribution in [0.15, 0.2) is 120 Å². The van der Waals surface area contributed by atoms with Crippen LogP contribution in [0.25, 0.3) is 0 Å². The lowest BCUT2D eigenvalue weighted by Gasteiger charge is -2.17. The standard InChI is InChI=1S/2C10H15N.2C9H14S.2C7H9N.2C6H8S/c1-8-5-6-9(7-11-8)10(2,3)4;1-8-5-6-9(11-7-8)10(2,3)4;1-7-5-8(10-6-7)9(2,3)4;1-7-5-6-8(10-7)9(2,3)4;2*1-6-3-4-7(2)8-5-6;1-5-3-6(2)7-4-5;1-5-3-4-6(2)7-5/h2*5-7H,1-4H3;2*5-6H,1-4H3;2*3-5H,1-2H3;2*3-4H,1-2H3. The molecular formula is C64H92N4S4. The average molecular weight is 1050 g/mol. The fraction of sp³-hybridized carbons (Fsp3) is 0.438. The van der Waals surface area contributed by atoms with Crippen LogP contribution in [0.3, 0.4) is 0 Å². The monoisotopic (exact) mass is 1040 g/mol. The predicted octanol–water partition coefficient (Wildman–Crippen LogP) is 20.2. The summed E-state index contributed by atoms with van der Waals surface area (Å²) in [5, 5.41) is 4.37. The van der Waals surface area contributed by atoms with E-state index < -0.39 is 0 Å². The third-order valence-corrected chi connectivity index (χ3v) is 15.1. The first-order valence-corrected chi connectivity index (χ1v) is 28.4. The molecule has 0 radical (unpaired) electrons. The van der Waals surface area contributed by atoms with Crippen LogP contribution in [0.1, 0.15) is 169 Å². The smallest absolute Gasteiger partial charge is 0.0457 e. The second-order valence-electron chi connectivity index (χ2n) is 22.7. The Kier molecular flexibility index (Phi) is 28.4. The summed E-state index contributed by atoms with van der Waals surface area (Å²) in [7, 11) is 0. The lowest BCUT2D eigenvalue weighted by atomic mass is 9.88. The second kappa shape index (κ2) is 31.2. The molecule has 72 heavy (non-hydrogen) atoms. The highest BCUT2D eigenvalue weighted by atomic mass is 32.1. The summed E-state index contributed by atoms with van der Waals surface area (Å²) >= 11 is 7.40. The minimum Gasteiger partial charge on any atom is -0.261 e. The Balaban J connectivity index is 0.000000414. The number of rotatable bonds is 0. The molecule has 8 heterocycles. The molecule has 0 saturated heterocycles. The maximum atomic E-state index is 4.35. The van der Waals surface area contributed by atoms with E-state index in [-0.39, 0.29) is 10.8 Å². The molecule has 8 rings (SSSR count).